The summed E-state index contributed by atoms with van der Waals surface area (Å²) in [7, 11) is -1.40. The third-order valence-electron chi connectivity index (χ3n) is 2.47. The number of hydrogen-bond donors (Lipinski definition) is 2. The SMILES string of the molecule is CNc1nc(-c2ccc(NS(C)(=O)=O)cc2)c(C)s1. The number of thiazole rings is 1. The van der Waals surface area contributed by atoms with Crippen molar-refractivity contribution in [2.75, 3.05) is 23.3 Å². The van der Waals surface area contributed by atoms with Crippen LogP contribution in [0.2, 0.25) is 0 Å². The van der Waals surface area contributed by atoms with E-state index in [4.69, 9.17) is 0 Å². The van der Waals surface area contributed by atoms with E-state index in [0.29, 0.717) is 5.69 Å². The molecule has 0 radical (unpaired) electrons. The van der Waals surface area contributed by atoms with Crippen molar-refractivity contribution in [3.8, 4) is 11.3 Å². The Morgan fingerprint density at radius 3 is 2.32 bits per heavy atom. The fraction of sp³-hybridized carbons (Fsp3) is 0.250. The monoisotopic (exact) mass is 297 g/mol. The van der Waals surface area contributed by atoms with Gasteiger partial charge in [-0.2, -0.15) is 0 Å². The highest BCUT2D eigenvalue weighted by molar-refractivity contribution is 7.92. The van der Waals surface area contributed by atoms with Gasteiger partial charge in [-0.1, -0.05) is 12.1 Å². The molecule has 0 atom stereocenters. The van der Waals surface area contributed by atoms with Crippen LogP contribution in [0, 0.1) is 6.92 Å². The maximum Gasteiger partial charge on any atom is 0.229 e. The number of hydrogen-bond acceptors (Lipinski definition) is 5. The van der Waals surface area contributed by atoms with Crippen LogP contribution in [0.1, 0.15) is 4.88 Å². The van der Waals surface area contributed by atoms with Gasteiger partial charge in [0.25, 0.3) is 0 Å². The Morgan fingerprint density at radius 2 is 1.84 bits per heavy atom. The molecule has 0 aliphatic rings. The van der Waals surface area contributed by atoms with E-state index >= 15 is 0 Å². The van der Waals surface area contributed by atoms with Crippen LogP contribution in [-0.4, -0.2) is 26.7 Å². The van der Waals surface area contributed by atoms with Crippen LogP contribution in [0.15, 0.2) is 24.3 Å². The molecule has 2 aromatic rings. The largest absolute Gasteiger partial charge is 0.365 e. The van der Waals surface area contributed by atoms with Gasteiger partial charge < -0.3 is 5.32 Å². The highest BCUT2D eigenvalue weighted by atomic mass is 32.2. The fourth-order valence-electron chi connectivity index (χ4n) is 1.68. The number of anilines is 2. The molecule has 0 aliphatic heterocycles. The maximum atomic E-state index is 11.1. The Balaban J connectivity index is 2.29. The number of rotatable bonds is 4. The molecule has 7 heteroatoms. The Labute approximate surface area is 116 Å². The maximum absolute atomic E-state index is 11.1. The van der Waals surface area contributed by atoms with E-state index in [0.717, 1.165) is 27.5 Å². The highest BCUT2D eigenvalue weighted by Gasteiger charge is 2.09. The number of nitrogens with zero attached hydrogens (tertiary/aromatic N) is 1. The number of sulfonamides is 1. The number of aromatic nitrogens is 1. The molecule has 102 valence electrons. The molecular formula is C12H15N3O2S2. The summed E-state index contributed by atoms with van der Waals surface area (Å²) in [5, 5.41) is 3.88. The molecule has 0 unspecified atom stereocenters. The van der Waals surface area contributed by atoms with Crippen LogP contribution in [0.3, 0.4) is 0 Å². The molecular weight excluding hydrogens is 282 g/mol. The highest BCUT2D eigenvalue weighted by Crippen LogP contribution is 2.30. The van der Waals surface area contributed by atoms with E-state index in [2.05, 4.69) is 15.0 Å². The minimum atomic E-state index is -3.24. The van der Waals surface area contributed by atoms with Gasteiger partial charge >= 0.3 is 0 Å². The third-order valence-corrected chi connectivity index (χ3v) is 4.07. The molecule has 0 saturated heterocycles. The van der Waals surface area contributed by atoms with Gasteiger partial charge in [-0.25, -0.2) is 13.4 Å². The normalized spacial score (nSPS) is 11.3. The minimum Gasteiger partial charge on any atom is -0.365 e. The van der Waals surface area contributed by atoms with Crippen LogP contribution in [-0.2, 0) is 10.0 Å². The summed E-state index contributed by atoms with van der Waals surface area (Å²) in [5.74, 6) is 0. The average Bonchev–Trinajstić information content (AvgIpc) is 2.70. The average molecular weight is 297 g/mol. The lowest BCUT2D eigenvalue weighted by molar-refractivity contribution is 0.607. The fourth-order valence-corrected chi connectivity index (χ4v) is 3.03. The number of aryl methyl sites for hydroxylation is 1. The smallest absolute Gasteiger partial charge is 0.229 e. The van der Waals surface area contributed by atoms with Crippen molar-refractivity contribution in [2.45, 2.75) is 6.92 Å². The standard InChI is InChI=1S/C12H15N3O2S2/c1-8-11(14-12(13-2)18-8)9-4-6-10(7-5-9)15-19(3,16)17/h4-7,15H,1-3H3,(H,13,14). The summed E-state index contributed by atoms with van der Waals surface area (Å²) in [6, 6.07) is 7.17. The topological polar surface area (TPSA) is 71.1 Å². The Morgan fingerprint density at radius 1 is 1.21 bits per heavy atom. The van der Waals surface area contributed by atoms with Crippen LogP contribution >= 0.6 is 11.3 Å². The first kappa shape index (κ1) is 13.8. The van der Waals surface area contributed by atoms with Gasteiger partial charge in [0.2, 0.25) is 10.0 Å². The van der Waals surface area contributed by atoms with Crippen LogP contribution in [0.4, 0.5) is 10.8 Å². The first-order valence-corrected chi connectivity index (χ1v) is 8.33. The first-order chi connectivity index (χ1) is 8.89. The Bertz CT molecular complexity index is 676. The van der Waals surface area contributed by atoms with Gasteiger partial charge in [0.05, 0.1) is 11.9 Å². The zero-order valence-electron chi connectivity index (χ0n) is 10.9. The van der Waals surface area contributed by atoms with E-state index in [-0.39, 0.29) is 0 Å². The summed E-state index contributed by atoms with van der Waals surface area (Å²) in [4.78, 5) is 5.59. The van der Waals surface area contributed by atoms with Gasteiger partial charge in [-0.05, 0) is 19.1 Å². The second-order valence-corrected chi connectivity index (χ2v) is 7.08. The summed E-state index contributed by atoms with van der Waals surface area (Å²) < 4.78 is 24.7. The lowest BCUT2D eigenvalue weighted by Crippen LogP contribution is -2.09. The van der Waals surface area contributed by atoms with Crippen molar-refractivity contribution in [1.82, 2.24) is 4.98 Å². The van der Waals surface area contributed by atoms with Gasteiger partial charge in [0.15, 0.2) is 5.13 Å². The van der Waals surface area contributed by atoms with E-state index in [9.17, 15) is 8.42 Å². The molecule has 0 amide bonds. The van der Waals surface area contributed by atoms with Crippen LogP contribution < -0.4 is 10.0 Å². The summed E-state index contributed by atoms with van der Waals surface area (Å²) in [6.45, 7) is 2.01. The van der Waals surface area contributed by atoms with E-state index in [1.807, 2.05) is 26.1 Å². The zero-order valence-corrected chi connectivity index (χ0v) is 12.5. The molecule has 0 saturated carbocycles. The number of benzene rings is 1. The van der Waals surface area contributed by atoms with Crippen molar-refractivity contribution >= 4 is 32.2 Å². The molecule has 1 aromatic heterocycles. The van der Waals surface area contributed by atoms with Gasteiger partial charge in [-0.15, -0.1) is 11.3 Å². The second kappa shape index (κ2) is 5.18. The minimum absolute atomic E-state index is 0.549. The molecule has 0 aliphatic carbocycles. The second-order valence-electron chi connectivity index (χ2n) is 4.13. The predicted octanol–water partition coefficient (Wildman–Crippen LogP) is 2.53. The third kappa shape index (κ3) is 3.45. The van der Waals surface area contributed by atoms with Crippen molar-refractivity contribution < 1.29 is 8.42 Å². The zero-order chi connectivity index (χ0) is 14.0. The molecule has 5 nitrogen and oxygen atoms in total. The van der Waals surface area contributed by atoms with Crippen LogP contribution in [0.5, 0.6) is 0 Å². The summed E-state index contributed by atoms with van der Waals surface area (Å²) >= 11 is 1.59. The Kier molecular flexibility index (Phi) is 3.77. The van der Waals surface area contributed by atoms with Crippen LogP contribution in [0.25, 0.3) is 11.3 Å². The predicted molar refractivity (Wildman–Crippen MR) is 80.3 cm³/mol. The summed E-state index contributed by atoms with van der Waals surface area (Å²) in [5.41, 5.74) is 2.43. The molecule has 0 fully saturated rings. The number of nitrogens with one attached hydrogen (secondary N) is 2. The van der Waals surface area contributed by atoms with Gasteiger partial charge in [0.1, 0.15) is 0 Å². The quantitative estimate of drug-likeness (QED) is 0.909. The van der Waals surface area contributed by atoms with Crippen molar-refractivity contribution in [3.63, 3.8) is 0 Å². The molecule has 0 bridgehead atoms. The van der Waals surface area contributed by atoms with E-state index in [1.165, 1.54) is 0 Å². The molecule has 2 N–H and O–H groups in total. The van der Waals surface area contributed by atoms with Crippen molar-refractivity contribution in [3.05, 3.63) is 29.1 Å². The lowest BCUT2D eigenvalue weighted by Gasteiger charge is -2.04. The first-order valence-electron chi connectivity index (χ1n) is 5.62. The molecule has 0 spiro atoms. The van der Waals surface area contributed by atoms with Crippen molar-refractivity contribution in [1.29, 1.82) is 0 Å². The van der Waals surface area contributed by atoms with E-state index < -0.39 is 10.0 Å². The lowest BCUT2D eigenvalue weighted by atomic mass is 10.1. The van der Waals surface area contributed by atoms with E-state index in [1.54, 1.807) is 23.5 Å². The molecule has 1 aromatic carbocycles. The summed E-state index contributed by atoms with van der Waals surface area (Å²) in [6.07, 6.45) is 1.13. The van der Waals surface area contributed by atoms with Gasteiger partial charge in [-0.3, -0.25) is 4.72 Å². The molecule has 1 heterocycles. The molecule has 2 rings (SSSR count). The molecule has 19 heavy (non-hydrogen) atoms. The van der Waals surface area contributed by atoms with Gasteiger partial charge in [0, 0.05) is 23.2 Å². The van der Waals surface area contributed by atoms with Crippen molar-refractivity contribution in [2.24, 2.45) is 0 Å². The Hall–Kier alpha value is -1.60.